The first-order chi connectivity index (χ1) is 13.2. The number of ether oxygens (including phenoxy) is 1. The Morgan fingerprint density at radius 3 is 2.93 bits per heavy atom. The lowest BCUT2D eigenvalue weighted by atomic mass is 9.86. The summed E-state index contributed by atoms with van der Waals surface area (Å²) in [6.07, 6.45) is 2.00. The molecule has 1 atom stereocenters. The van der Waals surface area contributed by atoms with Crippen LogP contribution in [0.4, 0.5) is 4.39 Å². The van der Waals surface area contributed by atoms with E-state index in [4.69, 9.17) is 4.74 Å². The fourth-order valence-corrected chi connectivity index (χ4v) is 4.64. The van der Waals surface area contributed by atoms with Gasteiger partial charge in [0.25, 0.3) is 0 Å². The molecule has 1 aromatic heterocycles. The standard InChI is InChI=1S/C22H24FN3O/c23-16-6-7-20-19(14-16)18-8-10-24-22(21(18)25-20)9-11-26(15-22)12-13-27-17-4-2-1-3-5-17/h1-7,14,24-25H,8-13,15H2. The Morgan fingerprint density at radius 2 is 2.04 bits per heavy atom. The number of rotatable bonds is 4. The third kappa shape index (κ3) is 3.01. The second kappa shape index (κ2) is 6.66. The van der Waals surface area contributed by atoms with Gasteiger partial charge >= 0.3 is 0 Å². The van der Waals surface area contributed by atoms with Crippen LogP contribution in [0.3, 0.4) is 0 Å². The predicted molar refractivity (Wildman–Crippen MR) is 105 cm³/mol. The van der Waals surface area contributed by atoms with Gasteiger partial charge in [-0.25, -0.2) is 4.39 Å². The maximum Gasteiger partial charge on any atom is 0.123 e. The van der Waals surface area contributed by atoms with E-state index in [1.807, 2.05) is 36.4 Å². The fraction of sp³-hybridized carbons (Fsp3) is 0.364. The Labute approximate surface area is 158 Å². The zero-order chi connectivity index (χ0) is 18.3. The number of hydrogen-bond acceptors (Lipinski definition) is 3. The number of para-hydroxylation sites is 1. The van der Waals surface area contributed by atoms with Crippen LogP contribution >= 0.6 is 0 Å². The number of aromatic nitrogens is 1. The van der Waals surface area contributed by atoms with E-state index >= 15 is 0 Å². The van der Waals surface area contributed by atoms with E-state index in [0.717, 1.165) is 55.7 Å². The Balaban J connectivity index is 1.33. The molecular formula is C22H24FN3O. The van der Waals surface area contributed by atoms with Gasteiger partial charge in [0.1, 0.15) is 18.2 Å². The minimum absolute atomic E-state index is 0.0597. The maximum absolute atomic E-state index is 13.7. The van der Waals surface area contributed by atoms with Crippen LogP contribution in [0.25, 0.3) is 10.9 Å². The molecule has 3 aromatic rings. The third-order valence-electron chi connectivity index (χ3n) is 5.95. The molecule has 0 radical (unpaired) electrons. The highest BCUT2D eigenvalue weighted by atomic mass is 19.1. The van der Waals surface area contributed by atoms with Gasteiger partial charge in [-0.05, 0) is 48.7 Å². The summed E-state index contributed by atoms with van der Waals surface area (Å²) < 4.78 is 19.6. The first kappa shape index (κ1) is 16.8. The third-order valence-corrected chi connectivity index (χ3v) is 5.95. The molecule has 1 unspecified atom stereocenters. The summed E-state index contributed by atoms with van der Waals surface area (Å²) in [6.45, 7) is 4.51. The zero-order valence-electron chi connectivity index (χ0n) is 15.3. The monoisotopic (exact) mass is 365 g/mol. The highest BCUT2D eigenvalue weighted by molar-refractivity contribution is 5.85. The number of aromatic amines is 1. The molecule has 2 aliphatic heterocycles. The zero-order valence-corrected chi connectivity index (χ0v) is 15.3. The van der Waals surface area contributed by atoms with Gasteiger partial charge in [-0.2, -0.15) is 0 Å². The van der Waals surface area contributed by atoms with Crippen molar-refractivity contribution in [1.82, 2.24) is 15.2 Å². The summed E-state index contributed by atoms with van der Waals surface area (Å²) in [4.78, 5) is 6.05. The molecule has 5 rings (SSSR count). The quantitative estimate of drug-likeness (QED) is 0.744. The Kier molecular flexibility index (Phi) is 4.14. The number of nitrogens with one attached hydrogen (secondary N) is 2. The van der Waals surface area contributed by atoms with Crippen molar-refractivity contribution >= 4 is 10.9 Å². The average Bonchev–Trinajstić information content (AvgIpc) is 3.26. The topological polar surface area (TPSA) is 40.3 Å². The van der Waals surface area contributed by atoms with Crippen molar-refractivity contribution in [1.29, 1.82) is 0 Å². The molecule has 4 nitrogen and oxygen atoms in total. The fourth-order valence-electron chi connectivity index (χ4n) is 4.64. The molecule has 140 valence electrons. The largest absolute Gasteiger partial charge is 0.492 e. The van der Waals surface area contributed by atoms with E-state index in [1.165, 1.54) is 17.3 Å². The lowest BCUT2D eigenvalue weighted by Gasteiger charge is -2.35. The summed E-state index contributed by atoms with van der Waals surface area (Å²) in [6, 6.07) is 15.0. The van der Waals surface area contributed by atoms with Crippen molar-refractivity contribution in [2.24, 2.45) is 0 Å². The van der Waals surface area contributed by atoms with Crippen LogP contribution in [0.15, 0.2) is 48.5 Å². The summed E-state index contributed by atoms with van der Waals surface area (Å²) in [5.74, 6) is 0.755. The van der Waals surface area contributed by atoms with Crippen molar-refractivity contribution in [3.8, 4) is 5.75 Å². The molecule has 0 aliphatic carbocycles. The highest BCUT2D eigenvalue weighted by Crippen LogP contribution is 2.39. The molecular weight excluding hydrogens is 341 g/mol. The number of nitrogens with zero attached hydrogens (tertiary/aromatic N) is 1. The van der Waals surface area contributed by atoms with Crippen LogP contribution in [-0.4, -0.2) is 42.7 Å². The van der Waals surface area contributed by atoms with Crippen LogP contribution in [0.2, 0.25) is 0 Å². The molecule has 2 aliphatic rings. The second-order valence-electron chi connectivity index (χ2n) is 7.62. The highest BCUT2D eigenvalue weighted by Gasteiger charge is 2.43. The first-order valence-electron chi connectivity index (χ1n) is 9.69. The Morgan fingerprint density at radius 1 is 1.15 bits per heavy atom. The van der Waals surface area contributed by atoms with Gasteiger partial charge in [0.05, 0.1) is 5.54 Å². The lowest BCUT2D eigenvalue weighted by Crippen LogP contribution is -2.49. The van der Waals surface area contributed by atoms with Crippen LogP contribution < -0.4 is 10.1 Å². The summed E-state index contributed by atoms with van der Waals surface area (Å²) in [7, 11) is 0. The first-order valence-corrected chi connectivity index (χ1v) is 9.69. The van der Waals surface area contributed by atoms with E-state index in [0.29, 0.717) is 6.61 Å². The molecule has 5 heteroatoms. The predicted octanol–water partition coefficient (Wildman–Crippen LogP) is 3.43. The average molecular weight is 365 g/mol. The van der Waals surface area contributed by atoms with E-state index < -0.39 is 0 Å². The SMILES string of the molecule is Fc1ccc2[nH]c3c(c2c1)CCNC31CCN(CCOc2ccccc2)C1. The smallest absolute Gasteiger partial charge is 0.123 e. The van der Waals surface area contributed by atoms with Gasteiger partial charge in [-0.15, -0.1) is 0 Å². The number of likely N-dealkylation sites (tertiary alicyclic amines) is 1. The molecule has 2 aromatic carbocycles. The molecule has 2 N–H and O–H groups in total. The van der Waals surface area contributed by atoms with Crippen LogP contribution in [0.5, 0.6) is 5.75 Å². The van der Waals surface area contributed by atoms with E-state index in [9.17, 15) is 4.39 Å². The summed E-state index contributed by atoms with van der Waals surface area (Å²) >= 11 is 0. The van der Waals surface area contributed by atoms with Crippen molar-refractivity contribution in [3.63, 3.8) is 0 Å². The molecule has 0 saturated carbocycles. The second-order valence-corrected chi connectivity index (χ2v) is 7.62. The lowest BCUT2D eigenvalue weighted by molar-refractivity contribution is 0.218. The molecule has 1 saturated heterocycles. The van der Waals surface area contributed by atoms with Crippen LogP contribution in [0.1, 0.15) is 17.7 Å². The van der Waals surface area contributed by atoms with Gasteiger partial charge in [-0.1, -0.05) is 18.2 Å². The van der Waals surface area contributed by atoms with E-state index in [1.54, 1.807) is 6.07 Å². The van der Waals surface area contributed by atoms with Gasteiger partial charge < -0.3 is 15.0 Å². The Hall–Kier alpha value is -2.37. The van der Waals surface area contributed by atoms with Gasteiger partial charge in [0.2, 0.25) is 0 Å². The molecule has 1 fully saturated rings. The van der Waals surface area contributed by atoms with Gasteiger partial charge in [0.15, 0.2) is 0 Å². The number of H-pyrrole nitrogens is 1. The normalized spacial score (nSPS) is 22.4. The van der Waals surface area contributed by atoms with Gasteiger partial charge in [-0.3, -0.25) is 4.90 Å². The van der Waals surface area contributed by atoms with Gasteiger partial charge in [0, 0.05) is 42.8 Å². The van der Waals surface area contributed by atoms with E-state index in [-0.39, 0.29) is 11.4 Å². The maximum atomic E-state index is 13.7. The molecule has 27 heavy (non-hydrogen) atoms. The minimum atomic E-state index is -0.164. The molecule has 0 bridgehead atoms. The van der Waals surface area contributed by atoms with E-state index in [2.05, 4.69) is 15.2 Å². The molecule has 3 heterocycles. The van der Waals surface area contributed by atoms with Crippen LogP contribution in [-0.2, 0) is 12.0 Å². The number of fused-ring (bicyclic) bond motifs is 4. The molecule has 0 amide bonds. The molecule has 1 spiro atoms. The number of halogens is 1. The number of benzene rings is 2. The number of hydrogen-bond donors (Lipinski definition) is 2. The van der Waals surface area contributed by atoms with Crippen LogP contribution in [0, 0.1) is 5.82 Å². The van der Waals surface area contributed by atoms with Crippen molar-refractivity contribution in [3.05, 3.63) is 65.6 Å². The minimum Gasteiger partial charge on any atom is -0.492 e. The van der Waals surface area contributed by atoms with Crippen molar-refractivity contribution in [2.45, 2.75) is 18.4 Å². The van der Waals surface area contributed by atoms with Crippen molar-refractivity contribution in [2.75, 3.05) is 32.8 Å². The summed E-state index contributed by atoms with van der Waals surface area (Å²) in [5, 5.41) is 4.80. The Bertz CT molecular complexity index is 955. The summed E-state index contributed by atoms with van der Waals surface area (Å²) in [5.41, 5.74) is 3.51. The van der Waals surface area contributed by atoms with Crippen molar-refractivity contribution < 1.29 is 9.13 Å².